The molecule has 19 heavy (non-hydrogen) atoms. The van der Waals surface area contributed by atoms with E-state index < -0.39 is 0 Å². The number of aryl methyl sites for hydroxylation is 1. The van der Waals surface area contributed by atoms with Gasteiger partial charge in [0.25, 0.3) is 0 Å². The van der Waals surface area contributed by atoms with Crippen molar-refractivity contribution in [1.29, 1.82) is 0 Å². The second kappa shape index (κ2) is 5.73. The molecule has 2 rings (SSSR count). The summed E-state index contributed by atoms with van der Waals surface area (Å²) in [4.78, 5) is 16.2. The second-order valence-corrected chi connectivity index (χ2v) is 5.28. The van der Waals surface area contributed by atoms with Gasteiger partial charge in [-0.25, -0.2) is 5.84 Å². The van der Waals surface area contributed by atoms with Crippen molar-refractivity contribution in [3.05, 3.63) is 23.2 Å². The van der Waals surface area contributed by atoms with Crippen molar-refractivity contribution in [3.63, 3.8) is 0 Å². The predicted octanol–water partition coefficient (Wildman–Crippen LogP) is 0.327. The number of hydrogen-bond acceptors (Lipinski definition) is 5. The SMILES string of the molecule is Cc1cc(CN2CCN(C)CC2C)oc1C(=O)NN. The molecular weight excluding hydrogens is 244 g/mol. The summed E-state index contributed by atoms with van der Waals surface area (Å²) in [6.45, 7) is 7.91. The monoisotopic (exact) mass is 266 g/mol. The lowest BCUT2D eigenvalue weighted by atomic mass is 10.2. The molecule has 1 aromatic heterocycles. The molecule has 1 amide bonds. The van der Waals surface area contributed by atoms with Crippen molar-refractivity contribution in [1.82, 2.24) is 15.2 Å². The van der Waals surface area contributed by atoms with Crippen molar-refractivity contribution in [2.75, 3.05) is 26.7 Å². The summed E-state index contributed by atoms with van der Waals surface area (Å²) in [7, 11) is 2.13. The molecule has 1 saturated heterocycles. The van der Waals surface area contributed by atoms with Crippen molar-refractivity contribution in [2.24, 2.45) is 5.84 Å². The number of likely N-dealkylation sites (N-methyl/N-ethyl adjacent to an activating group) is 1. The summed E-state index contributed by atoms with van der Waals surface area (Å²) < 4.78 is 5.60. The van der Waals surface area contributed by atoms with Gasteiger partial charge < -0.3 is 9.32 Å². The zero-order valence-electron chi connectivity index (χ0n) is 11.8. The number of nitrogen functional groups attached to an aromatic ring is 1. The van der Waals surface area contributed by atoms with Crippen molar-refractivity contribution >= 4 is 5.91 Å². The molecule has 0 saturated carbocycles. The highest BCUT2D eigenvalue weighted by molar-refractivity contribution is 5.92. The van der Waals surface area contributed by atoms with Gasteiger partial charge in [0.1, 0.15) is 5.76 Å². The Kier molecular flexibility index (Phi) is 4.24. The first kappa shape index (κ1) is 14.0. The molecule has 1 aromatic rings. The maximum Gasteiger partial charge on any atom is 0.301 e. The van der Waals surface area contributed by atoms with Gasteiger partial charge in [-0.2, -0.15) is 0 Å². The lowest BCUT2D eigenvalue weighted by Crippen LogP contribution is -2.49. The molecule has 3 N–H and O–H groups in total. The second-order valence-electron chi connectivity index (χ2n) is 5.28. The fourth-order valence-corrected chi connectivity index (χ4v) is 2.53. The Morgan fingerprint density at radius 1 is 1.58 bits per heavy atom. The number of carbonyl (C=O) groups excluding carboxylic acids is 1. The highest BCUT2D eigenvalue weighted by Crippen LogP contribution is 2.18. The van der Waals surface area contributed by atoms with Gasteiger partial charge in [-0.1, -0.05) is 0 Å². The minimum atomic E-state index is -0.379. The molecular formula is C13H22N4O2. The van der Waals surface area contributed by atoms with Crippen LogP contribution in [-0.2, 0) is 6.54 Å². The van der Waals surface area contributed by atoms with Gasteiger partial charge in [0.2, 0.25) is 0 Å². The third-order valence-corrected chi connectivity index (χ3v) is 3.63. The maximum atomic E-state index is 11.5. The van der Waals surface area contributed by atoms with Crippen LogP contribution in [0.3, 0.4) is 0 Å². The largest absolute Gasteiger partial charge is 0.454 e. The van der Waals surface area contributed by atoms with Gasteiger partial charge in [0.15, 0.2) is 5.76 Å². The predicted molar refractivity (Wildman–Crippen MR) is 72.5 cm³/mol. The lowest BCUT2D eigenvalue weighted by Gasteiger charge is -2.37. The van der Waals surface area contributed by atoms with Gasteiger partial charge >= 0.3 is 5.91 Å². The van der Waals surface area contributed by atoms with Crippen molar-refractivity contribution < 1.29 is 9.21 Å². The molecule has 0 spiro atoms. The summed E-state index contributed by atoms with van der Waals surface area (Å²) in [6, 6.07) is 2.39. The first-order valence-electron chi connectivity index (χ1n) is 6.54. The summed E-state index contributed by atoms with van der Waals surface area (Å²) in [5.74, 6) is 5.87. The van der Waals surface area contributed by atoms with Crippen LogP contribution in [0.5, 0.6) is 0 Å². The standard InChI is InChI=1S/C13H22N4O2/c1-9-6-11(19-12(9)13(18)15-14)8-17-5-4-16(3)7-10(17)2/h6,10H,4-5,7-8,14H2,1-3H3,(H,15,18). The molecule has 1 fully saturated rings. The molecule has 0 aromatic carbocycles. The Balaban J connectivity index is 2.05. The first-order chi connectivity index (χ1) is 9.01. The van der Waals surface area contributed by atoms with E-state index in [1.165, 1.54) is 0 Å². The van der Waals surface area contributed by atoms with Crippen LogP contribution in [0.2, 0.25) is 0 Å². The van der Waals surface area contributed by atoms with Crippen LogP contribution in [0.25, 0.3) is 0 Å². The van der Waals surface area contributed by atoms with Crippen LogP contribution in [0.1, 0.15) is 28.8 Å². The molecule has 1 aliphatic heterocycles. The van der Waals surface area contributed by atoms with Gasteiger partial charge in [-0.15, -0.1) is 0 Å². The van der Waals surface area contributed by atoms with Crippen LogP contribution in [-0.4, -0.2) is 48.4 Å². The lowest BCUT2D eigenvalue weighted by molar-refractivity contribution is 0.0845. The molecule has 2 heterocycles. The Hall–Kier alpha value is -1.37. The van der Waals surface area contributed by atoms with Crippen LogP contribution in [0, 0.1) is 6.92 Å². The third kappa shape index (κ3) is 3.15. The summed E-state index contributed by atoms with van der Waals surface area (Å²) in [5.41, 5.74) is 2.92. The normalized spacial score (nSPS) is 21.6. The molecule has 0 bridgehead atoms. The smallest absolute Gasteiger partial charge is 0.301 e. The minimum absolute atomic E-state index is 0.305. The van der Waals surface area contributed by atoms with Crippen LogP contribution < -0.4 is 11.3 Å². The minimum Gasteiger partial charge on any atom is -0.454 e. The molecule has 1 atom stereocenters. The van der Waals surface area contributed by atoms with Gasteiger partial charge in [0, 0.05) is 31.2 Å². The number of nitrogens with two attached hydrogens (primary N) is 1. The highest BCUT2D eigenvalue weighted by atomic mass is 16.4. The molecule has 106 valence electrons. The van der Waals surface area contributed by atoms with Crippen molar-refractivity contribution in [2.45, 2.75) is 26.4 Å². The van der Waals surface area contributed by atoms with E-state index in [4.69, 9.17) is 10.3 Å². The van der Waals surface area contributed by atoms with E-state index in [1.54, 1.807) is 0 Å². The topological polar surface area (TPSA) is 74.7 Å². The van der Waals surface area contributed by atoms with E-state index in [-0.39, 0.29) is 5.91 Å². The Morgan fingerprint density at radius 2 is 2.32 bits per heavy atom. The molecule has 0 aliphatic carbocycles. The fourth-order valence-electron chi connectivity index (χ4n) is 2.53. The number of carbonyl (C=O) groups is 1. The average Bonchev–Trinajstić information content (AvgIpc) is 2.73. The Labute approximate surface area is 113 Å². The average molecular weight is 266 g/mol. The summed E-state index contributed by atoms with van der Waals surface area (Å²) in [5, 5.41) is 0. The molecule has 1 unspecified atom stereocenters. The van der Waals surface area contributed by atoms with Crippen LogP contribution >= 0.6 is 0 Å². The molecule has 6 heteroatoms. The zero-order valence-corrected chi connectivity index (χ0v) is 11.8. The number of piperazine rings is 1. The number of rotatable bonds is 3. The number of nitrogens with one attached hydrogen (secondary N) is 1. The molecule has 1 aliphatic rings. The number of hydrazine groups is 1. The number of furan rings is 1. The number of hydrogen-bond donors (Lipinski definition) is 2. The van der Waals surface area contributed by atoms with Crippen molar-refractivity contribution in [3.8, 4) is 0 Å². The summed E-state index contributed by atoms with van der Waals surface area (Å²) >= 11 is 0. The van der Waals surface area contributed by atoms with Crippen LogP contribution in [0.4, 0.5) is 0 Å². The van der Waals surface area contributed by atoms with E-state index >= 15 is 0 Å². The number of nitrogens with zero attached hydrogens (tertiary/aromatic N) is 2. The third-order valence-electron chi connectivity index (χ3n) is 3.63. The quantitative estimate of drug-likeness (QED) is 0.468. The molecule has 0 radical (unpaired) electrons. The van der Waals surface area contributed by atoms with E-state index in [9.17, 15) is 4.79 Å². The van der Waals surface area contributed by atoms with Gasteiger partial charge in [-0.05, 0) is 27.0 Å². The van der Waals surface area contributed by atoms with E-state index in [2.05, 4.69) is 29.2 Å². The van der Waals surface area contributed by atoms with E-state index in [0.717, 1.165) is 37.5 Å². The maximum absolute atomic E-state index is 11.5. The first-order valence-corrected chi connectivity index (χ1v) is 6.54. The number of amides is 1. The Bertz CT molecular complexity index is 457. The highest BCUT2D eigenvalue weighted by Gasteiger charge is 2.23. The fraction of sp³-hybridized carbons (Fsp3) is 0.615. The molecule has 6 nitrogen and oxygen atoms in total. The Morgan fingerprint density at radius 3 is 2.95 bits per heavy atom. The van der Waals surface area contributed by atoms with E-state index in [1.807, 2.05) is 13.0 Å². The van der Waals surface area contributed by atoms with Gasteiger partial charge in [0.05, 0.1) is 6.54 Å². The van der Waals surface area contributed by atoms with Crippen LogP contribution in [0.15, 0.2) is 10.5 Å². The zero-order chi connectivity index (χ0) is 14.0. The summed E-state index contributed by atoms with van der Waals surface area (Å²) in [6.07, 6.45) is 0. The van der Waals surface area contributed by atoms with E-state index in [0.29, 0.717) is 11.8 Å². The van der Waals surface area contributed by atoms with Gasteiger partial charge in [-0.3, -0.25) is 15.1 Å².